The van der Waals surface area contributed by atoms with Crippen molar-refractivity contribution in [2.45, 2.75) is 46.1 Å². The SMILES string of the molecule is Cc1cc(C(=O)C2CCN(C(=O)OC(C)(C)C)CC2)c(F)cc1F. The first-order valence-electron chi connectivity index (χ1n) is 8.06. The van der Waals surface area contributed by atoms with Crippen molar-refractivity contribution in [3.8, 4) is 0 Å². The van der Waals surface area contributed by atoms with E-state index in [0.717, 1.165) is 6.07 Å². The lowest BCUT2D eigenvalue weighted by Crippen LogP contribution is -2.43. The van der Waals surface area contributed by atoms with Crippen LogP contribution in [0.15, 0.2) is 12.1 Å². The van der Waals surface area contributed by atoms with Crippen LogP contribution in [0, 0.1) is 24.5 Å². The third kappa shape index (κ3) is 4.30. The molecule has 0 unspecified atom stereocenters. The Balaban J connectivity index is 2.01. The topological polar surface area (TPSA) is 46.6 Å². The highest BCUT2D eigenvalue weighted by Gasteiger charge is 2.31. The van der Waals surface area contributed by atoms with Crippen molar-refractivity contribution >= 4 is 11.9 Å². The lowest BCUT2D eigenvalue weighted by molar-refractivity contribution is 0.0182. The monoisotopic (exact) mass is 339 g/mol. The molecule has 1 amide bonds. The summed E-state index contributed by atoms with van der Waals surface area (Å²) in [4.78, 5) is 26.1. The number of likely N-dealkylation sites (tertiary alicyclic amines) is 1. The standard InChI is InChI=1S/C18H23F2NO3/c1-11-9-13(15(20)10-14(11)19)16(22)12-5-7-21(8-6-12)17(23)24-18(2,3)4/h9-10,12H,5-8H2,1-4H3. The van der Waals surface area contributed by atoms with E-state index in [1.807, 2.05) is 0 Å². The Morgan fingerprint density at radius 2 is 1.71 bits per heavy atom. The summed E-state index contributed by atoms with van der Waals surface area (Å²) in [6, 6.07) is 2.01. The Morgan fingerprint density at radius 1 is 1.12 bits per heavy atom. The molecule has 4 nitrogen and oxygen atoms in total. The quantitative estimate of drug-likeness (QED) is 0.762. The van der Waals surface area contributed by atoms with E-state index in [2.05, 4.69) is 0 Å². The van der Waals surface area contributed by atoms with Crippen LogP contribution in [-0.2, 0) is 4.74 Å². The summed E-state index contributed by atoms with van der Waals surface area (Å²) in [5, 5.41) is 0. The lowest BCUT2D eigenvalue weighted by Gasteiger charge is -2.33. The Hall–Kier alpha value is -1.98. The van der Waals surface area contributed by atoms with Crippen molar-refractivity contribution in [2.24, 2.45) is 5.92 Å². The molecule has 2 rings (SSSR count). The number of aryl methyl sites for hydroxylation is 1. The van der Waals surface area contributed by atoms with Gasteiger partial charge in [0.05, 0.1) is 5.56 Å². The fourth-order valence-corrected chi connectivity index (χ4v) is 2.72. The number of rotatable bonds is 2. The summed E-state index contributed by atoms with van der Waals surface area (Å²) in [6.07, 6.45) is 0.472. The number of ether oxygens (including phenoxy) is 1. The van der Waals surface area contributed by atoms with Gasteiger partial charge in [0.25, 0.3) is 0 Å². The van der Waals surface area contributed by atoms with E-state index in [9.17, 15) is 18.4 Å². The molecule has 0 aliphatic carbocycles. The van der Waals surface area contributed by atoms with Crippen LogP contribution in [0.2, 0.25) is 0 Å². The first-order valence-corrected chi connectivity index (χ1v) is 8.06. The highest BCUT2D eigenvalue weighted by molar-refractivity contribution is 5.98. The van der Waals surface area contributed by atoms with Gasteiger partial charge in [-0.3, -0.25) is 4.79 Å². The number of carbonyl (C=O) groups excluding carboxylic acids is 2. The highest BCUT2D eigenvalue weighted by atomic mass is 19.1. The van der Waals surface area contributed by atoms with Crippen LogP contribution >= 0.6 is 0 Å². The van der Waals surface area contributed by atoms with Crippen molar-refractivity contribution in [3.63, 3.8) is 0 Å². The van der Waals surface area contributed by atoms with Crippen molar-refractivity contribution in [2.75, 3.05) is 13.1 Å². The smallest absolute Gasteiger partial charge is 0.410 e. The molecule has 0 N–H and O–H groups in total. The summed E-state index contributed by atoms with van der Waals surface area (Å²) in [5.74, 6) is -2.20. The van der Waals surface area contributed by atoms with Gasteiger partial charge in [-0.25, -0.2) is 13.6 Å². The zero-order valence-electron chi connectivity index (χ0n) is 14.5. The Kier molecular flexibility index (Phi) is 5.26. The number of hydrogen-bond acceptors (Lipinski definition) is 3. The van der Waals surface area contributed by atoms with Gasteiger partial charge < -0.3 is 9.64 Å². The first kappa shape index (κ1) is 18.4. The summed E-state index contributed by atoms with van der Waals surface area (Å²) < 4.78 is 32.5. The second-order valence-corrected chi connectivity index (χ2v) is 7.19. The minimum Gasteiger partial charge on any atom is -0.444 e. The van der Waals surface area contributed by atoms with Gasteiger partial charge >= 0.3 is 6.09 Å². The number of benzene rings is 1. The molecule has 0 aromatic heterocycles. The highest BCUT2D eigenvalue weighted by Crippen LogP contribution is 2.25. The van der Waals surface area contributed by atoms with Crippen LogP contribution in [0.1, 0.15) is 49.5 Å². The zero-order chi connectivity index (χ0) is 18.1. The molecule has 1 fully saturated rings. The summed E-state index contributed by atoms with van der Waals surface area (Å²) in [5.41, 5.74) is -0.408. The van der Waals surface area contributed by atoms with Gasteiger partial charge in [0.2, 0.25) is 0 Å². The van der Waals surface area contributed by atoms with Crippen LogP contribution in [0.4, 0.5) is 13.6 Å². The number of Topliss-reactive ketones (excluding diaryl/α,β-unsaturated/α-hetero) is 1. The van der Waals surface area contributed by atoms with E-state index in [1.165, 1.54) is 13.0 Å². The van der Waals surface area contributed by atoms with E-state index >= 15 is 0 Å². The maximum atomic E-state index is 13.9. The molecule has 132 valence electrons. The summed E-state index contributed by atoms with van der Waals surface area (Å²) in [7, 11) is 0. The van der Waals surface area contributed by atoms with Gasteiger partial charge in [-0.15, -0.1) is 0 Å². The second-order valence-electron chi connectivity index (χ2n) is 7.19. The van der Waals surface area contributed by atoms with Crippen LogP contribution in [0.25, 0.3) is 0 Å². The molecule has 0 radical (unpaired) electrons. The largest absolute Gasteiger partial charge is 0.444 e. The van der Waals surface area contributed by atoms with Crippen LogP contribution in [0.3, 0.4) is 0 Å². The normalized spacial score (nSPS) is 16.2. The predicted octanol–water partition coefficient (Wildman–Crippen LogP) is 4.10. The van der Waals surface area contributed by atoms with Gasteiger partial charge in [0, 0.05) is 25.1 Å². The van der Waals surface area contributed by atoms with Crippen molar-refractivity contribution in [3.05, 3.63) is 34.9 Å². The molecule has 24 heavy (non-hydrogen) atoms. The molecular formula is C18H23F2NO3. The third-order valence-electron chi connectivity index (χ3n) is 4.03. The van der Waals surface area contributed by atoms with Crippen molar-refractivity contribution < 1.29 is 23.1 Å². The van der Waals surface area contributed by atoms with E-state index in [0.29, 0.717) is 25.9 Å². The fourth-order valence-electron chi connectivity index (χ4n) is 2.72. The molecule has 1 aliphatic heterocycles. The predicted molar refractivity (Wildman–Crippen MR) is 86.0 cm³/mol. The van der Waals surface area contributed by atoms with Crippen molar-refractivity contribution in [1.82, 2.24) is 4.90 Å². The number of nitrogens with zero attached hydrogens (tertiary/aromatic N) is 1. The molecule has 1 saturated heterocycles. The molecule has 0 saturated carbocycles. The number of ketones is 1. The Labute approximate surface area is 140 Å². The number of hydrogen-bond donors (Lipinski definition) is 0. The van der Waals surface area contributed by atoms with E-state index in [-0.39, 0.29) is 22.8 Å². The fraction of sp³-hybridized carbons (Fsp3) is 0.556. The molecule has 6 heteroatoms. The van der Waals surface area contributed by atoms with E-state index in [4.69, 9.17) is 4.74 Å². The molecule has 0 atom stereocenters. The van der Waals surface area contributed by atoms with Crippen LogP contribution in [-0.4, -0.2) is 35.5 Å². The molecular weight excluding hydrogens is 316 g/mol. The summed E-state index contributed by atoms with van der Waals surface area (Å²) >= 11 is 0. The minimum absolute atomic E-state index is 0.0791. The minimum atomic E-state index is -0.835. The molecule has 1 aliphatic rings. The maximum absolute atomic E-state index is 13.9. The number of carbonyl (C=O) groups is 2. The van der Waals surface area contributed by atoms with Gasteiger partial charge in [-0.05, 0) is 52.2 Å². The van der Waals surface area contributed by atoms with Crippen LogP contribution < -0.4 is 0 Å². The van der Waals surface area contributed by atoms with E-state index < -0.39 is 23.3 Å². The number of amides is 1. The lowest BCUT2D eigenvalue weighted by atomic mass is 9.88. The van der Waals surface area contributed by atoms with Gasteiger partial charge in [0.15, 0.2) is 5.78 Å². The molecule has 1 aromatic rings. The number of piperidine rings is 1. The average Bonchev–Trinajstić information content (AvgIpc) is 2.49. The summed E-state index contributed by atoms with van der Waals surface area (Å²) in [6.45, 7) is 7.64. The van der Waals surface area contributed by atoms with Crippen LogP contribution in [0.5, 0.6) is 0 Å². The Morgan fingerprint density at radius 3 is 2.25 bits per heavy atom. The van der Waals surface area contributed by atoms with Gasteiger partial charge in [-0.1, -0.05) is 0 Å². The van der Waals surface area contributed by atoms with Gasteiger partial charge in [0.1, 0.15) is 17.2 Å². The number of halogens is 2. The zero-order valence-corrected chi connectivity index (χ0v) is 14.5. The van der Waals surface area contributed by atoms with E-state index in [1.54, 1.807) is 25.7 Å². The maximum Gasteiger partial charge on any atom is 0.410 e. The molecule has 1 aromatic carbocycles. The molecule has 0 bridgehead atoms. The first-order chi connectivity index (χ1) is 11.1. The van der Waals surface area contributed by atoms with Crippen molar-refractivity contribution in [1.29, 1.82) is 0 Å². The molecule has 0 spiro atoms. The van der Waals surface area contributed by atoms with Gasteiger partial charge in [-0.2, -0.15) is 0 Å². The molecule has 1 heterocycles. The third-order valence-corrected chi connectivity index (χ3v) is 4.03. The second kappa shape index (κ2) is 6.87. The average molecular weight is 339 g/mol. The Bertz CT molecular complexity index is 644.